The molecule has 30 heavy (non-hydrogen) atoms. The van der Waals surface area contributed by atoms with Crippen LogP contribution in [0.3, 0.4) is 0 Å². The highest BCUT2D eigenvalue weighted by atomic mass is 32.1. The van der Waals surface area contributed by atoms with E-state index in [0.29, 0.717) is 28.5 Å². The van der Waals surface area contributed by atoms with Crippen molar-refractivity contribution in [2.45, 2.75) is 13.3 Å². The Bertz CT molecular complexity index is 1280. The third-order valence-corrected chi connectivity index (χ3v) is 5.29. The van der Waals surface area contributed by atoms with Crippen LogP contribution in [0, 0.1) is 0 Å². The Hall–Kier alpha value is -3.45. The van der Waals surface area contributed by atoms with Crippen LogP contribution < -0.4 is 19.6 Å². The van der Waals surface area contributed by atoms with Crippen LogP contribution in [0.4, 0.5) is 0 Å². The average Bonchev–Trinajstić information content (AvgIpc) is 3.31. The molecular weight excluding hydrogens is 398 g/mol. The quantitative estimate of drug-likeness (QED) is 0.407. The van der Waals surface area contributed by atoms with E-state index < -0.39 is 0 Å². The highest BCUT2D eigenvalue weighted by Crippen LogP contribution is 2.21. The number of benzene rings is 2. The van der Waals surface area contributed by atoms with Crippen LogP contribution in [0.2, 0.25) is 0 Å². The maximum absolute atomic E-state index is 12.8. The van der Waals surface area contributed by atoms with Crippen LogP contribution >= 0.6 is 11.3 Å². The van der Waals surface area contributed by atoms with Gasteiger partial charge >= 0.3 is 0 Å². The number of hydrogen-bond donors (Lipinski definition) is 0. The number of thiazole rings is 1. The molecule has 0 fully saturated rings. The van der Waals surface area contributed by atoms with Gasteiger partial charge in [0, 0.05) is 11.1 Å². The smallest absolute Gasteiger partial charge is 0.291 e. The van der Waals surface area contributed by atoms with Crippen molar-refractivity contribution in [1.82, 2.24) is 14.6 Å². The molecule has 0 aliphatic heterocycles. The van der Waals surface area contributed by atoms with Gasteiger partial charge in [-0.2, -0.15) is 9.50 Å². The van der Waals surface area contributed by atoms with E-state index in [2.05, 4.69) is 23.6 Å². The van der Waals surface area contributed by atoms with Gasteiger partial charge in [0.15, 0.2) is 5.82 Å². The largest absolute Gasteiger partial charge is 0.493 e. The molecule has 0 atom stereocenters. The predicted octanol–water partition coefficient (Wildman–Crippen LogP) is 3.72. The number of fused-ring (bicyclic) bond motifs is 1. The van der Waals surface area contributed by atoms with Gasteiger partial charge in [0.05, 0.1) is 11.1 Å². The minimum Gasteiger partial charge on any atom is -0.493 e. The lowest BCUT2D eigenvalue weighted by atomic mass is 10.2. The molecule has 0 aliphatic rings. The Morgan fingerprint density at radius 2 is 1.93 bits per heavy atom. The second kappa shape index (κ2) is 8.92. The van der Waals surface area contributed by atoms with Gasteiger partial charge in [0.25, 0.3) is 5.56 Å². The first kappa shape index (κ1) is 19.8. The summed E-state index contributed by atoms with van der Waals surface area (Å²) >= 11 is 1.31. The Morgan fingerprint density at radius 3 is 2.67 bits per heavy atom. The van der Waals surface area contributed by atoms with E-state index in [0.717, 1.165) is 29.0 Å². The first-order valence-electron chi connectivity index (χ1n) is 9.67. The summed E-state index contributed by atoms with van der Waals surface area (Å²) in [6.07, 6.45) is 4.44. The molecule has 6 nitrogen and oxygen atoms in total. The molecule has 4 aromatic rings. The molecule has 152 valence electrons. The highest BCUT2D eigenvalue weighted by Gasteiger charge is 2.12. The number of para-hydroxylation sites is 1. The van der Waals surface area contributed by atoms with E-state index >= 15 is 0 Å². The zero-order chi connectivity index (χ0) is 20.9. The van der Waals surface area contributed by atoms with Crippen LogP contribution in [0.1, 0.15) is 18.9 Å². The normalized spacial score (nSPS) is 11.7. The van der Waals surface area contributed by atoms with Gasteiger partial charge in [0.1, 0.15) is 18.1 Å². The molecule has 0 amide bonds. The van der Waals surface area contributed by atoms with Crippen LogP contribution in [-0.2, 0) is 0 Å². The van der Waals surface area contributed by atoms with Crippen molar-refractivity contribution in [1.29, 1.82) is 0 Å². The van der Waals surface area contributed by atoms with Gasteiger partial charge in [0.2, 0.25) is 4.96 Å². The van der Waals surface area contributed by atoms with E-state index in [4.69, 9.17) is 9.47 Å². The predicted molar refractivity (Wildman–Crippen MR) is 119 cm³/mol. The Morgan fingerprint density at radius 1 is 1.13 bits per heavy atom. The van der Waals surface area contributed by atoms with Crippen LogP contribution in [-0.4, -0.2) is 27.8 Å². The van der Waals surface area contributed by atoms with E-state index in [-0.39, 0.29) is 5.56 Å². The van der Waals surface area contributed by atoms with Gasteiger partial charge < -0.3 is 9.47 Å². The Labute approximate surface area is 177 Å². The number of rotatable bonds is 8. The third kappa shape index (κ3) is 4.11. The standard InChI is InChI=1S/C23H21N3O3S/c1-3-13-28-18-11-9-16(10-12-18)21-24-23-26(25-21)22(27)20(30-23)15-17-7-5-6-8-19(17)29-14-4-2/h3,5-12,15H,1,4,13-14H2,2H3. The molecule has 2 aromatic carbocycles. The summed E-state index contributed by atoms with van der Waals surface area (Å²) in [7, 11) is 0. The van der Waals surface area contributed by atoms with Crippen LogP contribution in [0.15, 0.2) is 66.0 Å². The molecule has 0 spiro atoms. The molecule has 0 saturated heterocycles. The number of aromatic nitrogens is 3. The fourth-order valence-corrected chi connectivity index (χ4v) is 3.79. The molecule has 0 N–H and O–H groups in total. The molecule has 7 heteroatoms. The van der Waals surface area contributed by atoms with E-state index in [9.17, 15) is 4.79 Å². The molecule has 2 aromatic heterocycles. The topological polar surface area (TPSA) is 65.7 Å². The van der Waals surface area contributed by atoms with Gasteiger partial charge in [-0.25, -0.2) is 0 Å². The van der Waals surface area contributed by atoms with E-state index in [1.165, 1.54) is 15.9 Å². The zero-order valence-electron chi connectivity index (χ0n) is 16.6. The highest BCUT2D eigenvalue weighted by molar-refractivity contribution is 7.15. The van der Waals surface area contributed by atoms with Gasteiger partial charge in [-0.3, -0.25) is 4.79 Å². The second-order valence-electron chi connectivity index (χ2n) is 6.56. The maximum atomic E-state index is 12.8. The summed E-state index contributed by atoms with van der Waals surface area (Å²) in [6, 6.07) is 15.1. The lowest BCUT2D eigenvalue weighted by molar-refractivity contribution is 0.317. The Kier molecular flexibility index (Phi) is 5.90. The lowest BCUT2D eigenvalue weighted by Crippen LogP contribution is -2.23. The van der Waals surface area contributed by atoms with Gasteiger partial charge in [-0.15, -0.1) is 5.10 Å². The number of hydrogen-bond acceptors (Lipinski definition) is 6. The molecular formula is C23H21N3O3S. The molecule has 0 unspecified atom stereocenters. The molecule has 0 bridgehead atoms. The number of nitrogens with zero attached hydrogens (tertiary/aromatic N) is 3. The summed E-state index contributed by atoms with van der Waals surface area (Å²) in [5.74, 6) is 2.01. The summed E-state index contributed by atoms with van der Waals surface area (Å²) in [6.45, 7) is 6.77. The summed E-state index contributed by atoms with van der Waals surface area (Å²) < 4.78 is 13.2. The molecule has 0 saturated carbocycles. The summed E-state index contributed by atoms with van der Waals surface area (Å²) in [5.41, 5.74) is 1.49. The van der Waals surface area contributed by atoms with Crippen molar-refractivity contribution in [2.75, 3.05) is 13.2 Å². The first-order valence-corrected chi connectivity index (χ1v) is 10.5. The minimum atomic E-state index is -0.190. The van der Waals surface area contributed by atoms with Gasteiger partial charge in [-0.05, 0) is 42.8 Å². The fourth-order valence-electron chi connectivity index (χ4n) is 2.90. The average molecular weight is 420 g/mol. The zero-order valence-corrected chi connectivity index (χ0v) is 17.4. The third-order valence-electron chi connectivity index (χ3n) is 4.33. The molecule has 0 aliphatic carbocycles. The van der Waals surface area contributed by atoms with Crippen molar-refractivity contribution >= 4 is 22.4 Å². The van der Waals surface area contributed by atoms with Crippen molar-refractivity contribution in [3.63, 3.8) is 0 Å². The maximum Gasteiger partial charge on any atom is 0.291 e. The van der Waals surface area contributed by atoms with E-state index in [1.807, 2.05) is 54.6 Å². The minimum absolute atomic E-state index is 0.190. The second-order valence-corrected chi connectivity index (χ2v) is 7.57. The Balaban J connectivity index is 1.66. The number of ether oxygens (including phenoxy) is 2. The van der Waals surface area contributed by atoms with Gasteiger partial charge in [-0.1, -0.05) is 49.1 Å². The van der Waals surface area contributed by atoms with Crippen molar-refractivity contribution in [3.8, 4) is 22.9 Å². The first-order chi connectivity index (χ1) is 14.7. The molecule has 2 heterocycles. The molecule has 0 radical (unpaired) electrons. The molecule has 4 rings (SSSR count). The lowest BCUT2D eigenvalue weighted by Gasteiger charge is -2.07. The summed E-state index contributed by atoms with van der Waals surface area (Å²) in [4.78, 5) is 17.9. The monoisotopic (exact) mass is 419 g/mol. The van der Waals surface area contributed by atoms with Crippen molar-refractivity contribution < 1.29 is 9.47 Å². The van der Waals surface area contributed by atoms with E-state index in [1.54, 1.807) is 6.08 Å². The summed E-state index contributed by atoms with van der Waals surface area (Å²) in [5, 5.41) is 4.40. The van der Waals surface area contributed by atoms with Crippen molar-refractivity contribution in [3.05, 3.63) is 81.6 Å². The van der Waals surface area contributed by atoms with Crippen molar-refractivity contribution in [2.24, 2.45) is 0 Å². The SMILES string of the molecule is C=CCOc1ccc(-c2nc3sc(=Cc4ccccc4OCCC)c(=O)n3n2)cc1. The van der Waals surface area contributed by atoms with Crippen LogP contribution in [0.5, 0.6) is 11.5 Å². The van der Waals surface area contributed by atoms with Crippen LogP contribution in [0.25, 0.3) is 22.4 Å². The fraction of sp³-hybridized carbons (Fsp3) is 0.174.